The molecule has 0 amide bonds. The van der Waals surface area contributed by atoms with Crippen molar-refractivity contribution in [3.8, 4) is 22.6 Å². The zero-order valence-corrected chi connectivity index (χ0v) is 36.1. The number of ether oxygens (including phenoxy) is 1. The van der Waals surface area contributed by atoms with E-state index in [0.717, 1.165) is 23.3 Å². The summed E-state index contributed by atoms with van der Waals surface area (Å²) in [4.78, 5) is 2.63. The van der Waals surface area contributed by atoms with Crippen LogP contribution < -0.4 is 9.64 Å². The number of fused-ring (bicyclic) bond motifs is 9. The molecule has 0 saturated heterocycles. The highest BCUT2D eigenvalue weighted by atomic mass is 16.5. The molecule has 58 heavy (non-hydrogen) atoms. The van der Waals surface area contributed by atoms with Crippen LogP contribution in [0.5, 0.6) is 11.5 Å². The van der Waals surface area contributed by atoms with Crippen LogP contribution in [0.4, 0.5) is 17.1 Å². The van der Waals surface area contributed by atoms with Gasteiger partial charge in [-0.05, 0) is 178 Å². The van der Waals surface area contributed by atoms with Gasteiger partial charge in [-0.25, -0.2) is 0 Å². The van der Waals surface area contributed by atoms with Crippen LogP contribution in [0, 0.1) is 29.1 Å². The Morgan fingerprint density at radius 1 is 0.500 bits per heavy atom. The van der Waals surface area contributed by atoms with Gasteiger partial charge in [-0.3, -0.25) is 0 Å². The molecular weight excluding hydrogens is 703 g/mol. The van der Waals surface area contributed by atoms with Crippen molar-refractivity contribution in [1.82, 2.24) is 0 Å². The average molecular weight is 764 g/mol. The van der Waals surface area contributed by atoms with Crippen LogP contribution in [0.15, 0.2) is 103 Å². The van der Waals surface area contributed by atoms with Crippen molar-refractivity contribution in [3.63, 3.8) is 0 Å². The third-order valence-corrected chi connectivity index (χ3v) is 18.1. The number of para-hydroxylation sites is 1. The fourth-order valence-corrected chi connectivity index (χ4v) is 15.0. The second-order valence-corrected chi connectivity index (χ2v) is 22.7. The molecule has 5 aromatic carbocycles. The van der Waals surface area contributed by atoms with Gasteiger partial charge in [0.1, 0.15) is 5.75 Å². The van der Waals surface area contributed by atoms with Crippen LogP contribution in [-0.4, -0.2) is 0 Å². The Morgan fingerprint density at radius 2 is 1.07 bits per heavy atom. The molecule has 0 aromatic heterocycles. The fraction of sp³-hybridized carbons (Fsp3) is 0.464. The van der Waals surface area contributed by atoms with Gasteiger partial charge < -0.3 is 9.64 Å². The SMILES string of the molecule is CC1(C)CCC(C)(C)c2cc(N(c3ccc4c(c3)C(C)(C)CCC4(C)C)c3cc(-c4ccccc4)cc4c3Oc3ccccc3C43C4CC5CC6CC3C64C5)ccc21. The summed E-state index contributed by atoms with van der Waals surface area (Å²) < 4.78 is 7.48. The van der Waals surface area contributed by atoms with E-state index in [1.165, 1.54) is 113 Å². The minimum absolute atomic E-state index is 0.0230. The van der Waals surface area contributed by atoms with Crippen molar-refractivity contribution in [3.05, 3.63) is 137 Å². The fourth-order valence-electron chi connectivity index (χ4n) is 15.0. The second-order valence-electron chi connectivity index (χ2n) is 22.7. The predicted octanol–water partition coefficient (Wildman–Crippen LogP) is 15.0. The third kappa shape index (κ3) is 4.40. The molecule has 0 N–H and O–H groups in total. The number of hydrogen-bond donors (Lipinski definition) is 0. The van der Waals surface area contributed by atoms with E-state index >= 15 is 0 Å². The lowest BCUT2D eigenvalue weighted by Gasteiger charge is -2.77. The molecule has 4 fully saturated rings. The first kappa shape index (κ1) is 35.6. The molecule has 1 aliphatic heterocycles. The molecule has 7 aliphatic rings. The summed E-state index contributed by atoms with van der Waals surface area (Å²) in [5.41, 5.74) is 16.0. The maximum Gasteiger partial charge on any atom is 0.155 e. The third-order valence-electron chi connectivity index (χ3n) is 18.1. The highest BCUT2D eigenvalue weighted by Gasteiger charge is 2.84. The van der Waals surface area contributed by atoms with E-state index < -0.39 is 0 Å². The monoisotopic (exact) mass is 763 g/mol. The summed E-state index contributed by atoms with van der Waals surface area (Å²) in [6.07, 6.45) is 10.4. The molecule has 5 aromatic rings. The number of nitrogens with zero attached hydrogens (tertiary/aromatic N) is 1. The molecule has 12 rings (SSSR count). The molecule has 6 unspecified atom stereocenters. The maximum atomic E-state index is 7.48. The van der Waals surface area contributed by atoms with E-state index in [2.05, 4.69) is 163 Å². The molecule has 296 valence electrons. The van der Waals surface area contributed by atoms with Gasteiger partial charge >= 0.3 is 0 Å². The second kappa shape index (κ2) is 11.3. The van der Waals surface area contributed by atoms with Gasteiger partial charge in [0.25, 0.3) is 0 Å². The number of benzene rings is 5. The number of rotatable bonds is 4. The van der Waals surface area contributed by atoms with Gasteiger partial charge in [0, 0.05) is 27.9 Å². The Labute approximate surface area is 347 Å². The van der Waals surface area contributed by atoms with E-state index in [9.17, 15) is 0 Å². The number of anilines is 3. The first-order valence-electron chi connectivity index (χ1n) is 22.8. The molecule has 6 atom stereocenters. The molecule has 4 saturated carbocycles. The van der Waals surface area contributed by atoms with Gasteiger partial charge in [-0.2, -0.15) is 0 Å². The topological polar surface area (TPSA) is 12.5 Å². The first-order chi connectivity index (χ1) is 27.6. The lowest BCUT2D eigenvalue weighted by Crippen LogP contribution is -2.74. The first-order valence-corrected chi connectivity index (χ1v) is 22.8. The lowest BCUT2D eigenvalue weighted by molar-refractivity contribution is -0.235. The molecule has 2 nitrogen and oxygen atoms in total. The summed E-state index contributed by atoms with van der Waals surface area (Å²) in [7, 11) is 0. The standard InChI is InChI=1S/C56H61NO/c1-51(2)22-24-53(5,6)43-31-38(18-20-40(43)51)57(39-19-21-41-44(32-39)54(7,8)25-23-52(41,3)4)46-29-36(35-14-10-9-11-15-35)28-45-50(46)58-47-17-13-12-16-42(47)56(45)48-27-34-26-37-30-49(56)55(37,48)33-34/h9-21,28-29,31-32,34,37,48-49H,22-27,30,33H2,1-8H3. The van der Waals surface area contributed by atoms with Crippen molar-refractivity contribution in [2.24, 2.45) is 29.1 Å². The van der Waals surface area contributed by atoms with Crippen molar-refractivity contribution in [2.45, 2.75) is 134 Å². The Morgan fingerprint density at radius 3 is 1.69 bits per heavy atom. The predicted molar refractivity (Wildman–Crippen MR) is 239 cm³/mol. The van der Waals surface area contributed by atoms with Gasteiger partial charge in [-0.1, -0.05) is 116 Å². The minimum Gasteiger partial charge on any atom is -0.455 e. The Balaban J connectivity index is 1.16. The molecule has 1 heterocycles. The molecule has 6 aliphatic carbocycles. The van der Waals surface area contributed by atoms with Gasteiger partial charge in [0.15, 0.2) is 5.75 Å². The van der Waals surface area contributed by atoms with Crippen molar-refractivity contribution in [1.29, 1.82) is 0 Å². The van der Waals surface area contributed by atoms with Crippen LogP contribution >= 0.6 is 0 Å². The zero-order valence-electron chi connectivity index (χ0n) is 36.1. The van der Waals surface area contributed by atoms with E-state index in [4.69, 9.17) is 4.74 Å². The molecule has 0 radical (unpaired) electrons. The molecule has 2 heteroatoms. The Bertz CT molecular complexity index is 2480. The average Bonchev–Trinajstić information content (AvgIpc) is 3.74. The van der Waals surface area contributed by atoms with Crippen LogP contribution in [0.1, 0.15) is 140 Å². The summed E-state index contributed by atoms with van der Waals surface area (Å²) in [6, 6.07) is 40.5. The zero-order chi connectivity index (χ0) is 39.8. The van der Waals surface area contributed by atoms with E-state index in [-0.39, 0.29) is 27.1 Å². The van der Waals surface area contributed by atoms with Crippen molar-refractivity contribution in [2.75, 3.05) is 4.90 Å². The molecular formula is C56H61NO. The van der Waals surface area contributed by atoms with Crippen molar-refractivity contribution < 1.29 is 4.74 Å². The number of hydrogen-bond acceptors (Lipinski definition) is 2. The normalized spacial score (nSPS) is 31.4. The molecule has 2 spiro atoms. The van der Waals surface area contributed by atoms with Crippen LogP contribution in [0.25, 0.3) is 11.1 Å². The summed E-state index contributed by atoms with van der Waals surface area (Å²) in [5.74, 6) is 5.32. The van der Waals surface area contributed by atoms with Crippen LogP contribution in [-0.2, 0) is 27.1 Å². The largest absolute Gasteiger partial charge is 0.455 e. The smallest absolute Gasteiger partial charge is 0.155 e. The lowest BCUT2D eigenvalue weighted by atomic mass is 9.26. The van der Waals surface area contributed by atoms with E-state index in [1.807, 2.05) is 0 Å². The molecule has 2 bridgehead atoms. The van der Waals surface area contributed by atoms with E-state index in [1.54, 1.807) is 0 Å². The van der Waals surface area contributed by atoms with Crippen LogP contribution in [0.2, 0.25) is 0 Å². The summed E-state index contributed by atoms with van der Waals surface area (Å²) >= 11 is 0. The highest BCUT2D eigenvalue weighted by Crippen LogP contribution is 2.89. The van der Waals surface area contributed by atoms with Crippen LogP contribution in [0.3, 0.4) is 0 Å². The Kier molecular flexibility index (Phi) is 6.93. The summed E-state index contributed by atoms with van der Waals surface area (Å²) in [6.45, 7) is 19.7. The van der Waals surface area contributed by atoms with Gasteiger partial charge in [0.2, 0.25) is 0 Å². The van der Waals surface area contributed by atoms with E-state index in [0.29, 0.717) is 17.3 Å². The highest BCUT2D eigenvalue weighted by molar-refractivity contribution is 5.88. The van der Waals surface area contributed by atoms with Crippen molar-refractivity contribution >= 4 is 17.1 Å². The Hall–Kier alpha value is -4.30. The maximum absolute atomic E-state index is 7.48. The van der Waals surface area contributed by atoms with Gasteiger partial charge in [0.05, 0.1) is 5.69 Å². The summed E-state index contributed by atoms with van der Waals surface area (Å²) in [5, 5.41) is 0. The van der Waals surface area contributed by atoms with Gasteiger partial charge in [-0.15, -0.1) is 0 Å². The minimum atomic E-state index is -0.0230. The quantitative estimate of drug-likeness (QED) is 0.181.